The molecule has 0 aliphatic carbocycles. The Kier molecular flexibility index (Phi) is 7.30. The Morgan fingerprint density at radius 3 is 1.94 bits per heavy atom. The Balaban J connectivity index is 1.39. The van der Waals surface area contributed by atoms with E-state index >= 15 is 0 Å². The van der Waals surface area contributed by atoms with Crippen molar-refractivity contribution in [3.05, 3.63) is 92.5 Å². The van der Waals surface area contributed by atoms with Crippen molar-refractivity contribution in [2.24, 2.45) is 0 Å². The molecule has 186 valence electrons. The van der Waals surface area contributed by atoms with Gasteiger partial charge in [0.05, 0.1) is 35.5 Å². The fourth-order valence-electron chi connectivity index (χ4n) is 4.34. The summed E-state index contributed by atoms with van der Waals surface area (Å²) in [6.07, 6.45) is -0.571. The first-order valence-corrected chi connectivity index (χ1v) is 12.5. The van der Waals surface area contributed by atoms with E-state index in [1.54, 1.807) is 24.3 Å². The minimum absolute atomic E-state index is 0.0751. The summed E-state index contributed by atoms with van der Waals surface area (Å²) in [6, 6.07) is 16.2. The minimum Gasteiger partial charge on any atom is -0.459 e. The van der Waals surface area contributed by atoms with Crippen LogP contribution in [0.2, 0.25) is 10.0 Å². The van der Waals surface area contributed by atoms with E-state index in [1.807, 2.05) is 37.3 Å². The molecule has 2 unspecified atom stereocenters. The Morgan fingerprint density at radius 1 is 0.833 bits per heavy atom. The van der Waals surface area contributed by atoms with E-state index in [9.17, 15) is 9.59 Å². The van der Waals surface area contributed by atoms with Crippen LogP contribution in [-0.2, 0) is 16.1 Å². The number of halogens is 2. The summed E-state index contributed by atoms with van der Waals surface area (Å²) in [5.41, 5.74) is 2.74. The first-order chi connectivity index (χ1) is 17.4. The van der Waals surface area contributed by atoms with E-state index in [0.29, 0.717) is 63.2 Å². The summed E-state index contributed by atoms with van der Waals surface area (Å²) in [4.78, 5) is 25.9. The molecule has 0 radical (unpaired) electrons. The van der Waals surface area contributed by atoms with Crippen molar-refractivity contribution in [2.45, 2.75) is 45.4 Å². The quantitative estimate of drug-likeness (QED) is 0.215. The largest absolute Gasteiger partial charge is 0.459 e. The number of ketones is 2. The van der Waals surface area contributed by atoms with Crippen LogP contribution >= 0.6 is 23.2 Å². The fraction of sp³-hybridized carbons (Fsp3) is 0.286. The van der Waals surface area contributed by atoms with Crippen molar-refractivity contribution >= 4 is 34.8 Å². The summed E-state index contributed by atoms with van der Waals surface area (Å²) < 4.78 is 24.0. The average Bonchev–Trinajstić information content (AvgIpc) is 2.87. The highest BCUT2D eigenvalue weighted by Gasteiger charge is 2.41. The maximum absolute atomic E-state index is 13.1. The highest BCUT2D eigenvalue weighted by atomic mass is 35.5. The maximum Gasteiger partial charge on any atom is 0.234 e. The van der Waals surface area contributed by atoms with Gasteiger partial charge in [-0.3, -0.25) is 14.3 Å². The molecule has 6 nitrogen and oxygen atoms in total. The number of carbonyl (C=O) groups excluding carboxylic acids is 2. The molecule has 0 N–H and O–H groups in total. The highest BCUT2D eigenvalue weighted by Crippen LogP contribution is 2.51. The van der Waals surface area contributed by atoms with Crippen LogP contribution in [0.4, 0.5) is 0 Å². The third-order valence-electron chi connectivity index (χ3n) is 6.03. The second kappa shape index (κ2) is 10.6. The molecule has 36 heavy (non-hydrogen) atoms. The molecule has 0 saturated carbocycles. The summed E-state index contributed by atoms with van der Waals surface area (Å²) >= 11 is 12.7. The van der Waals surface area contributed by atoms with Crippen LogP contribution in [0, 0.1) is 0 Å². The van der Waals surface area contributed by atoms with Gasteiger partial charge in [0.2, 0.25) is 12.6 Å². The van der Waals surface area contributed by atoms with Gasteiger partial charge in [-0.05, 0) is 36.2 Å². The lowest BCUT2D eigenvalue weighted by Gasteiger charge is -2.39. The van der Waals surface area contributed by atoms with Gasteiger partial charge in [0.15, 0.2) is 11.6 Å². The lowest BCUT2D eigenvalue weighted by Crippen LogP contribution is -2.32. The van der Waals surface area contributed by atoms with Crippen LogP contribution in [0.5, 0.6) is 11.5 Å². The van der Waals surface area contributed by atoms with Crippen molar-refractivity contribution in [3.63, 3.8) is 0 Å². The van der Waals surface area contributed by atoms with Crippen LogP contribution in [0.15, 0.2) is 54.6 Å². The third kappa shape index (κ3) is 5.00. The molecular weight excluding hydrogens is 503 g/mol. The molecule has 2 bridgehead atoms. The second-order valence-electron chi connectivity index (χ2n) is 8.66. The van der Waals surface area contributed by atoms with Gasteiger partial charge in [0, 0.05) is 22.9 Å². The number of rotatable bonds is 9. The van der Waals surface area contributed by atoms with Crippen molar-refractivity contribution in [3.8, 4) is 11.5 Å². The third-order valence-corrected chi connectivity index (χ3v) is 6.47. The molecule has 0 saturated heterocycles. The Bertz CT molecular complexity index is 1310. The topological polar surface area (TPSA) is 71.1 Å². The van der Waals surface area contributed by atoms with Gasteiger partial charge in [-0.1, -0.05) is 60.5 Å². The van der Waals surface area contributed by atoms with E-state index in [1.165, 1.54) is 0 Å². The predicted octanol–water partition coefficient (Wildman–Crippen LogP) is 7.26. The smallest absolute Gasteiger partial charge is 0.234 e. The number of ether oxygens (including phenoxy) is 4. The molecule has 0 aromatic heterocycles. The molecule has 0 amide bonds. The standard InChI is InChI=1S/C28H24Cl2O6/c1-2-6-23(31)19-11-17(29)13-21-25(19)34-28-22-14-18(30)12-20(26(22)35-27(21)36-28)24(32)9-10-33-15-16-7-4-3-5-8-16/h3-5,7-8,11-14,27-28H,2,6,9-10,15H2,1H3. The molecule has 2 aliphatic heterocycles. The number of Topliss-reactive ketones (excluding diaryl/α,β-unsaturated/α-hetero) is 2. The van der Waals surface area contributed by atoms with E-state index in [-0.39, 0.29) is 24.6 Å². The fourth-order valence-corrected chi connectivity index (χ4v) is 4.79. The van der Waals surface area contributed by atoms with Gasteiger partial charge in [-0.25, -0.2) is 0 Å². The van der Waals surface area contributed by atoms with Crippen molar-refractivity contribution in [1.82, 2.24) is 0 Å². The molecular formula is C28H24Cl2O6. The monoisotopic (exact) mass is 526 g/mol. The molecule has 8 heteroatoms. The zero-order chi connectivity index (χ0) is 25.2. The van der Waals surface area contributed by atoms with Crippen LogP contribution in [-0.4, -0.2) is 18.2 Å². The Morgan fingerprint density at radius 2 is 1.39 bits per heavy atom. The summed E-state index contributed by atoms with van der Waals surface area (Å²) in [7, 11) is 0. The Hall–Kier alpha value is -2.90. The van der Waals surface area contributed by atoms with Gasteiger partial charge in [-0.2, -0.15) is 0 Å². The minimum atomic E-state index is -0.889. The molecule has 0 spiro atoms. The van der Waals surface area contributed by atoms with E-state index in [2.05, 4.69) is 0 Å². The number of benzene rings is 3. The number of fused-ring (bicyclic) bond motifs is 6. The van der Waals surface area contributed by atoms with Gasteiger partial charge >= 0.3 is 0 Å². The summed E-state index contributed by atoms with van der Waals surface area (Å²) in [5.74, 6) is 0.480. The van der Waals surface area contributed by atoms with Crippen LogP contribution in [0.1, 0.15) is 76.2 Å². The number of hydrogen-bond acceptors (Lipinski definition) is 6. The van der Waals surface area contributed by atoms with Gasteiger partial charge in [-0.15, -0.1) is 0 Å². The van der Waals surface area contributed by atoms with Crippen LogP contribution in [0.25, 0.3) is 0 Å². The van der Waals surface area contributed by atoms with E-state index < -0.39 is 12.6 Å². The normalized spacial score (nSPS) is 17.4. The molecule has 5 rings (SSSR count). The predicted molar refractivity (Wildman–Crippen MR) is 135 cm³/mol. The molecule has 2 atom stereocenters. The van der Waals surface area contributed by atoms with Crippen molar-refractivity contribution < 1.29 is 28.5 Å². The van der Waals surface area contributed by atoms with Crippen LogP contribution < -0.4 is 9.47 Å². The summed E-state index contributed by atoms with van der Waals surface area (Å²) in [5, 5.41) is 0.719. The zero-order valence-electron chi connectivity index (χ0n) is 19.6. The molecule has 2 aliphatic rings. The molecule has 0 fully saturated rings. The van der Waals surface area contributed by atoms with E-state index in [4.69, 9.17) is 42.1 Å². The average molecular weight is 527 g/mol. The number of carbonyl (C=O) groups is 2. The van der Waals surface area contributed by atoms with Gasteiger partial charge in [0.25, 0.3) is 0 Å². The van der Waals surface area contributed by atoms with E-state index in [0.717, 1.165) is 5.56 Å². The second-order valence-corrected chi connectivity index (χ2v) is 9.54. The first kappa shape index (κ1) is 24.8. The lowest BCUT2D eigenvalue weighted by molar-refractivity contribution is -0.227. The molecule has 3 aromatic carbocycles. The van der Waals surface area contributed by atoms with Crippen LogP contribution in [0.3, 0.4) is 0 Å². The molecule has 3 aromatic rings. The van der Waals surface area contributed by atoms with Gasteiger partial charge in [0.1, 0.15) is 11.5 Å². The maximum atomic E-state index is 13.1. The van der Waals surface area contributed by atoms with Crippen molar-refractivity contribution in [1.29, 1.82) is 0 Å². The zero-order valence-corrected chi connectivity index (χ0v) is 21.1. The number of hydrogen-bond donors (Lipinski definition) is 0. The molecule has 2 heterocycles. The van der Waals surface area contributed by atoms with Crippen molar-refractivity contribution in [2.75, 3.05) is 6.61 Å². The Labute approximate surface area is 219 Å². The summed E-state index contributed by atoms with van der Waals surface area (Å²) in [6.45, 7) is 2.59. The van der Waals surface area contributed by atoms with Gasteiger partial charge < -0.3 is 14.2 Å². The first-order valence-electron chi connectivity index (χ1n) is 11.8. The SMILES string of the molecule is CCCC(=O)c1cc(Cl)cc2c1OC1OC2Oc2c(C(=O)CCOCc3ccccc3)cc(Cl)cc21. The lowest BCUT2D eigenvalue weighted by atomic mass is 9.98. The highest BCUT2D eigenvalue weighted by molar-refractivity contribution is 6.31.